The molecule has 0 aliphatic heterocycles. The number of hydrogen-bond acceptors (Lipinski definition) is 3. The van der Waals surface area contributed by atoms with E-state index >= 15 is 0 Å². The van der Waals surface area contributed by atoms with Crippen LogP contribution in [-0.2, 0) is 4.74 Å². The van der Waals surface area contributed by atoms with Crippen LogP contribution in [-0.4, -0.2) is 50.3 Å². The van der Waals surface area contributed by atoms with E-state index in [0.29, 0.717) is 6.04 Å². The summed E-state index contributed by atoms with van der Waals surface area (Å²) in [5, 5.41) is 3.57. The topological polar surface area (TPSA) is 24.5 Å². The van der Waals surface area contributed by atoms with Gasteiger partial charge >= 0.3 is 0 Å². The third-order valence-corrected chi connectivity index (χ3v) is 3.47. The van der Waals surface area contributed by atoms with Crippen molar-refractivity contribution in [2.45, 2.75) is 52.1 Å². The molecular weight excluding hydrogens is 212 g/mol. The Hall–Kier alpha value is -0.120. The van der Waals surface area contributed by atoms with Gasteiger partial charge in [0.15, 0.2) is 0 Å². The molecule has 3 heteroatoms. The molecule has 17 heavy (non-hydrogen) atoms. The molecule has 1 N–H and O–H groups in total. The molecule has 1 unspecified atom stereocenters. The number of rotatable bonds is 10. The lowest BCUT2D eigenvalue weighted by Gasteiger charge is -2.29. The van der Waals surface area contributed by atoms with E-state index in [1.807, 2.05) is 0 Å². The minimum Gasteiger partial charge on any atom is -0.383 e. The standard InChI is InChI=1S/C14H30N2O/c1-12(2)7-8-15-11-13(3)16(9-10-17-4)14-5-6-14/h12-15H,5-11H2,1-4H3. The summed E-state index contributed by atoms with van der Waals surface area (Å²) in [4.78, 5) is 2.60. The third-order valence-electron chi connectivity index (χ3n) is 3.47. The maximum absolute atomic E-state index is 5.20. The van der Waals surface area contributed by atoms with E-state index in [1.54, 1.807) is 7.11 Å². The van der Waals surface area contributed by atoms with Crippen molar-refractivity contribution in [1.82, 2.24) is 10.2 Å². The first-order valence-corrected chi connectivity index (χ1v) is 7.10. The Balaban J connectivity index is 2.15. The van der Waals surface area contributed by atoms with Gasteiger partial charge < -0.3 is 10.1 Å². The third kappa shape index (κ3) is 6.39. The molecule has 0 aromatic rings. The van der Waals surface area contributed by atoms with Gasteiger partial charge in [-0.25, -0.2) is 0 Å². The molecule has 1 aliphatic rings. The zero-order valence-corrected chi connectivity index (χ0v) is 12.0. The molecule has 0 aromatic carbocycles. The molecule has 1 atom stereocenters. The van der Waals surface area contributed by atoms with Gasteiger partial charge in [-0.1, -0.05) is 13.8 Å². The number of hydrogen-bond donors (Lipinski definition) is 1. The quantitative estimate of drug-likeness (QED) is 0.594. The van der Waals surface area contributed by atoms with Crippen LogP contribution in [0.5, 0.6) is 0 Å². The van der Waals surface area contributed by atoms with E-state index in [-0.39, 0.29) is 0 Å². The number of ether oxygens (including phenoxy) is 1. The normalized spacial score (nSPS) is 18.0. The van der Waals surface area contributed by atoms with Crippen molar-refractivity contribution in [3.05, 3.63) is 0 Å². The van der Waals surface area contributed by atoms with Crippen LogP contribution in [0.15, 0.2) is 0 Å². The molecule has 3 nitrogen and oxygen atoms in total. The Labute approximate surface area is 107 Å². The molecule has 1 rings (SSSR count). The molecule has 0 saturated heterocycles. The molecule has 0 radical (unpaired) electrons. The van der Waals surface area contributed by atoms with Crippen LogP contribution in [0.25, 0.3) is 0 Å². The summed E-state index contributed by atoms with van der Waals surface area (Å²) in [5.74, 6) is 0.797. The molecule has 1 fully saturated rings. The fourth-order valence-corrected chi connectivity index (χ4v) is 2.18. The second-order valence-electron chi connectivity index (χ2n) is 5.70. The summed E-state index contributed by atoms with van der Waals surface area (Å²) in [7, 11) is 1.79. The summed E-state index contributed by atoms with van der Waals surface area (Å²) in [6, 6.07) is 1.46. The molecule has 0 amide bonds. The van der Waals surface area contributed by atoms with Gasteiger partial charge in [-0.3, -0.25) is 4.90 Å². The van der Waals surface area contributed by atoms with Crippen molar-refractivity contribution in [3.63, 3.8) is 0 Å². The van der Waals surface area contributed by atoms with Crippen LogP contribution >= 0.6 is 0 Å². The van der Waals surface area contributed by atoms with Crippen molar-refractivity contribution < 1.29 is 4.74 Å². The van der Waals surface area contributed by atoms with Gasteiger partial charge in [0, 0.05) is 32.3 Å². The van der Waals surface area contributed by atoms with Gasteiger partial charge in [0.25, 0.3) is 0 Å². The molecule has 0 heterocycles. The zero-order valence-electron chi connectivity index (χ0n) is 12.0. The van der Waals surface area contributed by atoms with E-state index in [0.717, 1.165) is 38.2 Å². The van der Waals surface area contributed by atoms with E-state index in [1.165, 1.54) is 19.3 Å². The predicted octanol–water partition coefficient (Wildman–Crippen LogP) is 2.12. The van der Waals surface area contributed by atoms with Gasteiger partial charge in [-0.2, -0.15) is 0 Å². The molecule has 0 aromatic heterocycles. The molecular formula is C14H30N2O. The maximum atomic E-state index is 5.20. The molecule has 0 bridgehead atoms. The summed E-state index contributed by atoms with van der Waals surface area (Å²) in [6.45, 7) is 11.1. The lowest BCUT2D eigenvalue weighted by atomic mass is 10.1. The second kappa shape index (κ2) is 8.06. The van der Waals surface area contributed by atoms with Crippen LogP contribution in [0.2, 0.25) is 0 Å². The van der Waals surface area contributed by atoms with Gasteiger partial charge in [0.2, 0.25) is 0 Å². The Morgan fingerprint density at radius 1 is 1.29 bits per heavy atom. The van der Waals surface area contributed by atoms with Crippen molar-refractivity contribution >= 4 is 0 Å². The minimum absolute atomic E-state index is 0.629. The van der Waals surface area contributed by atoms with Crippen LogP contribution in [0, 0.1) is 5.92 Å². The highest BCUT2D eigenvalue weighted by Gasteiger charge is 2.31. The number of nitrogens with zero attached hydrogens (tertiary/aromatic N) is 1. The first-order valence-electron chi connectivity index (χ1n) is 7.10. The van der Waals surface area contributed by atoms with E-state index in [2.05, 4.69) is 31.0 Å². The van der Waals surface area contributed by atoms with E-state index < -0.39 is 0 Å². The highest BCUT2D eigenvalue weighted by atomic mass is 16.5. The highest BCUT2D eigenvalue weighted by molar-refractivity contribution is 4.88. The fourth-order valence-electron chi connectivity index (χ4n) is 2.18. The average Bonchev–Trinajstić information content (AvgIpc) is 3.09. The van der Waals surface area contributed by atoms with Crippen LogP contribution in [0.4, 0.5) is 0 Å². The zero-order chi connectivity index (χ0) is 12.7. The Morgan fingerprint density at radius 2 is 2.00 bits per heavy atom. The molecule has 102 valence electrons. The molecule has 1 aliphatic carbocycles. The second-order valence-corrected chi connectivity index (χ2v) is 5.70. The summed E-state index contributed by atoms with van der Waals surface area (Å²) in [6.07, 6.45) is 4.02. The smallest absolute Gasteiger partial charge is 0.0589 e. The maximum Gasteiger partial charge on any atom is 0.0589 e. The van der Waals surface area contributed by atoms with Crippen LogP contribution in [0.1, 0.15) is 40.0 Å². The Kier molecular flexibility index (Phi) is 7.09. The van der Waals surface area contributed by atoms with Gasteiger partial charge in [-0.05, 0) is 38.6 Å². The summed E-state index contributed by atoms with van der Waals surface area (Å²) < 4.78 is 5.20. The lowest BCUT2D eigenvalue weighted by Crippen LogP contribution is -2.43. The first-order chi connectivity index (χ1) is 8.15. The average molecular weight is 242 g/mol. The highest BCUT2D eigenvalue weighted by Crippen LogP contribution is 2.28. The molecule has 1 saturated carbocycles. The monoisotopic (exact) mass is 242 g/mol. The van der Waals surface area contributed by atoms with Crippen molar-refractivity contribution in [2.24, 2.45) is 5.92 Å². The van der Waals surface area contributed by atoms with Crippen molar-refractivity contribution in [1.29, 1.82) is 0 Å². The summed E-state index contributed by atoms with van der Waals surface area (Å²) >= 11 is 0. The number of methoxy groups -OCH3 is 1. The predicted molar refractivity (Wildman–Crippen MR) is 73.4 cm³/mol. The van der Waals surface area contributed by atoms with E-state index in [9.17, 15) is 0 Å². The van der Waals surface area contributed by atoms with Crippen LogP contribution in [0.3, 0.4) is 0 Å². The van der Waals surface area contributed by atoms with Gasteiger partial charge in [0.05, 0.1) is 6.61 Å². The summed E-state index contributed by atoms with van der Waals surface area (Å²) in [5.41, 5.74) is 0. The minimum atomic E-state index is 0.629. The van der Waals surface area contributed by atoms with Crippen molar-refractivity contribution in [2.75, 3.05) is 33.4 Å². The van der Waals surface area contributed by atoms with Gasteiger partial charge in [-0.15, -0.1) is 0 Å². The number of nitrogens with one attached hydrogen (secondary N) is 1. The lowest BCUT2D eigenvalue weighted by molar-refractivity contribution is 0.118. The Morgan fingerprint density at radius 3 is 2.53 bits per heavy atom. The van der Waals surface area contributed by atoms with Crippen molar-refractivity contribution in [3.8, 4) is 0 Å². The SMILES string of the molecule is COCCN(C(C)CNCCC(C)C)C1CC1. The fraction of sp³-hybridized carbons (Fsp3) is 1.00. The van der Waals surface area contributed by atoms with Gasteiger partial charge in [0.1, 0.15) is 0 Å². The molecule has 0 spiro atoms. The Bertz CT molecular complexity index is 193. The van der Waals surface area contributed by atoms with Crippen LogP contribution < -0.4 is 5.32 Å². The van der Waals surface area contributed by atoms with E-state index in [4.69, 9.17) is 4.74 Å². The largest absolute Gasteiger partial charge is 0.383 e. The first kappa shape index (κ1) is 14.9.